The molecule has 0 aliphatic heterocycles. The molecule has 0 unspecified atom stereocenters. The fraction of sp³-hybridized carbons (Fsp3) is 0.350. The van der Waals surface area contributed by atoms with Gasteiger partial charge in [0.2, 0.25) is 0 Å². The standard InChI is InChI=1S/C20H23F2N5OS/c1-4-26(5-2)12-14-6-8-15(9-7-14)18(28)25-20-24-13(3)16(29-20)17-23-10-11-27(17)19(21)22/h6-11,19H,4-5,12H2,1-3H3,(H,24,25,28). The zero-order valence-electron chi connectivity index (χ0n) is 16.5. The van der Waals surface area contributed by atoms with Gasteiger partial charge >= 0.3 is 6.55 Å². The van der Waals surface area contributed by atoms with Gasteiger partial charge in [-0.2, -0.15) is 8.78 Å². The lowest BCUT2D eigenvalue weighted by Gasteiger charge is -2.17. The Hall–Kier alpha value is -2.65. The van der Waals surface area contributed by atoms with Gasteiger partial charge in [0.15, 0.2) is 11.0 Å². The van der Waals surface area contributed by atoms with Crippen molar-refractivity contribution in [2.75, 3.05) is 18.4 Å². The zero-order chi connectivity index (χ0) is 21.0. The molecule has 154 valence electrons. The number of amides is 1. The molecule has 3 aromatic rings. The number of alkyl halides is 2. The summed E-state index contributed by atoms with van der Waals surface area (Å²) in [5, 5.41) is 3.09. The number of anilines is 1. The number of hydrogen-bond acceptors (Lipinski definition) is 5. The second-order valence-electron chi connectivity index (χ2n) is 6.48. The third-order valence-electron chi connectivity index (χ3n) is 4.62. The quantitative estimate of drug-likeness (QED) is 0.569. The number of imidazole rings is 1. The number of halogens is 2. The van der Waals surface area contributed by atoms with Crippen LogP contribution in [0.2, 0.25) is 0 Å². The van der Waals surface area contributed by atoms with Gasteiger partial charge < -0.3 is 0 Å². The average molecular weight is 420 g/mol. The number of nitrogens with one attached hydrogen (secondary N) is 1. The molecule has 0 aliphatic carbocycles. The number of aryl methyl sites for hydroxylation is 1. The highest BCUT2D eigenvalue weighted by atomic mass is 32.1. The monoisotopic (exact) mass is 419 g/mol. The first kappa shape index (κ1) is 21.1. The first-order valence-corrected chi connectivity index (χ1v) is 10.2. The molecule has 0 saturated heterocycles. The zero-order valence-corrected chi connectivity index (χ0v) is 17.3. The summed E-state index contributed by atoms with van der Waals surface area (Å²) in [5.74, 6) is -0.159. The number of carbonyl (C=O) groups is 1. The van der Waals surface area contributed by atoms with E-state index in [9.17, 15) is 13.6 Å². The van der Waals surface area contributed by atoms with Crippen LogP contribution in [-0.4, -0.2) is 38.4 Å². The lowest BCUT2D eigenvalue weighted by molar-refractivity contribution is 0.0720. The van der Waals surface area contributed by atoms with Crippen LogP contribution in [0.15, 0.2) is 36.7 Å². The lowest BCUT2D eigenvalue weighted by atomic mass is 10.1. The van der Waals surface area contributed by atoms with E-state index in [0.29, 0.717) is 21.3 Å². The summed E-state index contributed by atoms with van der Waals surface area (Å²) in [7, 11) is 0. The smallest absolute Gasteiger partial charge is 0.300 e. The number of benzene rings is 1. The van der Waals surface area contributed by atoms with Crippen molar-refractivity contribution in [2.24, 2.45) is 0 Å². The van der Waals surface area contributed by atoms with E-state index in [1.54, 1.807) is 19.1 Å². The molecule has 0 fully saturated rings. The number of nitrogens with zero attached hydrogens (tertiary/aromatic N) is 4. The van der Waals surface area contributed by atoms with Gasteiger partial charge in [-0.3, -0.25) is 19.6 Å². The molecule has 29 heavy (non-hydrogen) atoms. The Balaban J connectivity index is 1.72. The highest BCUT2D eigenvalue weighted by molar-refractivity contribution is 7.19. The van der Waals surface area contributed by atoms with Gasteiger partial charge in [-0.25, -0.2) is 9.97 Å². The summed E-state index contributed by atoms with van der Waals surface area (Å²) >= 11 is 1.12. The number of rotatable bonds is 8. The predicted octanol–water partition coefficient (Wildman–Crippen LogP) is 4.80. The van der Waals surface area contributed by atoms with Crippen LogP contribution in [0.25, 0.3) is 10.7 Å². The lowest BCUT2D eigenvalue weighted by Crippen LogP contribution is -2.22. The molecule has 6 nitrogen and oxygen atoms in total. The molecule has 0 saturated carbocycles. The third kappa shape index (κ3) is 4.86. The van der Waals surface area contributed by atoms with Crippen molar-refractivity contribution >= 4 is 22.4 Å². The van der Waals surface area contributed by atoms with Crippen molar-refractivity contribution in [3.8, 4) is 10.7 Å². The molecule has 0 bridgehead atoms. The molecule has 1 N–H and O–H groups in total. The van der Waals surface area contributed by atoms with E-state index in [-0.39, 0.29) is 11.7 Å². The summed E-state index contributed by atoms with van der Waals surface area (Å²) in [6, 6.07) is 7.43. The van der Waals surface area contributed by atoms with Gasteiger partial charge in [0.1, 0.15) is 0 Å². The Kier molecular flexibility index (Phi) is 6.71. The number of thiazole rings is 1. The maximum Gasteiger partial charge on any atom is 0.320 e. The van der Waals surface area contributed by atoms with Crippen LogP contribution in [0, 0.1) is 6.92 Å². The Bertz CT molecular complexity index is 964. The van der Waals surface area contributed by atoms with Gasteiger partial charge in [-0.15, -0.1) is 0 Å². The first-order chi connectivity index (χ1) is 13.9. The third-order valence-corrected chi connectivity index (χ3v) is 5.68. The van der Waals surface area contributed by atoms with Gasteiger partial charge in [-0.05, 0) is 37.7 Å². The fourth-order valence-corrected chi connectivity index (χ4v) is 3.90. The summed E-state index contributed by atoms with van der Waals surface area (Å²) in [6.07, 6.45) is 2.54. The Morgan fingerprint density at radius 3 is 2.55 bits per heavy atom. The normalized spacial score (nSPS) is 11.4. The van der Waals surface area contributed by atoms with Crippen LogP contribution in [0.1, 0.15) is 42.0 Å². The van der Waals surface area contributed by atoms with Crippen LogP contribution >= 0.6 is 11.3 Å². The van der Waals surface area contributed by atoms with Crippen molar-refractivity contribution in [3.63, 3.8) is 0 Å². The summed E-state index contributed by atoms with van der Waals surface area (Å²) in [4.78, 5) is 23.6. The van der Waals surface area contributed by atoms with E-state index in [1.165, 1.54) is 12.4 Å². The highest BCUT2D eigenvalue weighted by Gasteiger charge is 2.19. The maximum atomic E-state index is 13.1. The Morgan fingerprint density at radius 1 is 1.24 bits per heavy atom. The second-order valence-corrected chi connectivity index (χ2v) is 7.48. The number of hydrogen-bond donors (Lipinski definition) is 1. The number of aromatic nitrogens is 3. The minimum absolute atomic E-state index is 0.135. The van der Waals surface area contributed by atoms with Crippen LogP contribution in [-0.2, 0) is 6.54 Å². The Morgan fingerprint density at radius 2 is 1.93 bits per heavy atom. The molecule has 2 heterocycles. The Labute approximate surface area is 172 Å². The molecule has 0 atom stereocenters. The topological polar surface area (TPSA) is 63.1 Å². The highest BCUT2D eigenvalue weighted by Crippen LogP contribution is 2.33. The van der Waals surface area contributed by atoms with Crippen molar-refractivity contribution in [1.82, 2.24) is 19.4 Å². The average Bonchev–Trinajstić information content (AvgIpc) is 3.33. The molecule has 0 aliphatic rings. The van der Waals surface area contributed by atoms with E-state index in [0.717, 1.165) is 41.1 Å². The summed E-state index contributed by atoms with van der Waals surface area (Å²) in [5.41, 5.74) is 2.18. The second kappa shape index (κ2) is 9.23. The fourth-order valence-electron chi connectivity index (χ4n) is 2.94. The van der Waals surface area contributed by atoms with E-state index in [1.807, 2.05) is 12.1 Å². The van der Waals surface area contributed by atoms with Gasteiger partial charge in [0.05, 0.1) is 10.6 Å². The van der Waals surface area contributed by atoms with E-state index >= 15 is 0 Å². The van der Waals surface area contributed by atoms with Crippen molar-refractivity contribution in [2.45, 2.75) is 33.9 Å². The van der Waals surface area contributed by atoms with Crippen LogP contribution in [0.4, 0.5) is 13.9 Å². The molecule has 0 radical (unpaired) electrons. The molecule has 1 amide bonds. The molecule has 3 rings (SSSR count). The summed E-state index contributed by atoms with van der Waals surface area (Å²) < 4.78 is 27.0. The maximum absolute atomic E-state index is 13.1. The van der Waals surface area contributed by atoms with Crippen molar-refractivity contribution in [1.29, 1.82) is 0 Å². The van der Waals surface area contributed by atoms with Crippen molar-refractivity contribution < 1.29 is 13.6 Å². The largest absolute Gasteiger partial charge is 0.320 e. The molecule has 0 spiro atoms. The van der Waals surface area contributed by atoms with Crippen LogP contribution < -0.4 is 5.32 Å². The van der Waals surface area contributed by atoms with Crippen LogP contribution in [0.3, 0.4) is 0 Å². The predicted molar refractivity (Wildman–Crippen MR) is 110 cm³/mol. The van der Waals surface area contributed by atoms with Gasteiger partial charge in [-0.1, -0.05) is 37.3 Å². The molecule has 1 aromatic carbocycles. The van der Waals surface area contributed by atoms with E-state index < -0.39 is 6.55 Å². The molecular weight excluding hydrogens is 396 g/mol. The molecule has 2 aromatic heterocycles. The molecular formula is C20H23F2N5OS. The summed E-state index contributed by atoms with van der Waals surface area (Å²) in [6.45, 7) is 6.01. The van der Waals surface area contributed by atoms with Crippen LogP contribution in [0.5, 0.6) is 0 Å². The van der Waals surface area contributed by atoms with E-state index in [4.69, 9.17) is 0 Å². The van der Waals surface area contributed by atoms with Crippen molar-refractivity contribution in [3.05, 3.63) is 53.5 Å². The molecule has 9 heteroatoms. The van der Waals surface area contributed by atoms with E-state index in [2.05, 4.69) is 34.0 Å². The SMILES string of the molecule is CCN(CC)Cc1ccc(C(=O)Nc2nc(C)c(-c3nccn3C(F)F)s2)cc1. The van der Waals surface area contributed by atoms with Gasteiger partial charge in [0, 0.05) is 24.5 Å². The van der Waals surface area contributed by atoms with Gasteiger partial charge in [0.25, 0.3) is 5.91 Å². The minimum Gasteiger partial charge on any atom is -0.300 e. The number of carbonyl (C=O) groups excluding carboxylic acids is 1. The minimum atomic E-state index is -2.69. The first-order valence-electron chi connectivity index (χ1n) is 9.34.